The molecular weight excluding hydrogens is 454 g/mol. The van der Waals surface area contributed by atoms with Gasteiger partial charge in [-0.1, -0.05) is 13.5 Å². The average molecular weight is 498 g/mol. The Labute approximate surface area is 222 Å². The van der Waals surface area contributed by atoms with E-state index in [0.29, 0.717) is 0 Å². The number of aromatic nitrogens is 2. The lowest BCUT2D eigenvalue weighted by Crippen LogP contribution is -2.33. The van der Waals surface area contributed by atoms with Crippen molar-refractivity contribution >= 4 is 28.1 Å². The maximum Gasteiger partial charge on any atom is 0.140 e. The van der Waals surface area contributed by atoms with Gasteiger partial charge in [-0.15, -0.1) is 0 Å². The molecule has 1 saturated carbocycles. The van der Waals surface area contributed by atoms with Crippen LogP contribution in [0, 0.1) is 18.8 Å². The predicted molar refractivity (Wildman–Crippen MR) is 157 cm³/mol. The second-order valence-electron chi connectivity index (χ2n) is 11.1. The summed E-state index contributed by atoms with van der Waals surface area (Å²) in [4.78, 5) is 12.5. The van der Waals surface area contributed by atoms with Gasteiger partial charge in [-0.25, -0.2) is 4.98 Å². The molecule has 1 saturated heterocycles. The fourth-order valence-corrected chi connectivity index (χ4v) is 5.80. The van der Waals surface area contributed by atoms with Crippen LogP contribution in [-0.4, -0.2) is 46.8 Å². The molecule has 2 aromatic heterocycles. The summed E-state index contributed by atoms with van der Waals surface area (Å²) < 4.78 is 2.39. The molecule has 196 valence electrons. The van der Waals surface area contributed by atoms with E-state index in [1.165, 1.54) is 59.9 Å². The van der Waals surface area contributed by atoms with Crippen LogP contribution in [0.4, 0.5) is 5.69 Å². The van der Waals surface area contributed by atoms with Crippen LogP contribution in [0.25, 0.3) is 16.7 Å². The summed E-state index contributed by atoms with van der Waals surface area (Å²) in [5, 5.41) is 4.49. The minimum atomic E-state index is 0.770. The molecule has 1 aromatic carbocycles. The van der Waals surface area contributed by atoms with Crippen LogP contribution in [0.15, 0.2) is 48.1 Å². The zero-order valence-electron chi connectivity index (χ0n) is 23.2. The van der Waals surface area contributed by atoms with Gasteiger partial charge < -0.3 is 14.8 Å². The van der Waals surface area contributed by atoms with Crippen molar-refractivity contribution in [2.75, 3.05) is 26.7 Å². The van der Waals surface area contributed by atoms with Gasteiger partial charge in [0.1, 0.15) is 5.65 Å². The first-order valence-electron chi connectivity index (χ1n) is 14.2. The summed E-state index contributed by atoms with van der Waals surface area (Å²) in [6.07, 6.45) is 9.29. The van der Waals surface area contributed by atoms with E-state index >= 15 is 0 Å². The molecule has 5 rings (SSSR count). The number of hydrogen-bond acceptors (Lipinski definition) is 4. The molecule has 2 aliphatic rings. The number of aryl methyl sites for hydroxylation is 1. The van der Waals surface area contributed by atoms with E-state index in [2.05, 4.69) is 66.4 Å². The lowest BCUT2D eigenvalue weighted by molar-refractivity contribution is 0.245. The van der Waals surface area contributed by atoms with Crippen LogP contribution in [0.1, 0.15) is 68.3 Å². The van der Waals surface area contributed by atoms with Gasteiger partial charge in [-0.3, -0.25) is 4.99 Å². The number of fused-ring (bicyclic) bond motifs is 1. The summed E-state index contributed by atoms with van der Waals surface area (Å²) >= 11 is 0. The summed E-state index contributed by atoms with van der Waals surface area (Å²) in [5.74, 6) is 1.59. The van der Waals surface area contributed by atoms with E-state index in [9.17, 15) is 0 Å². The second kappa shape index (κ2) is 11.2. The molecule has 0 amide bonds. The molecule has 0 unspecified atom stereocenters. The summed E-state index contributed by atoms with van der Waals surface area (Å²) in [7, 11) is 2.05. The lowest BCUT2D eigenvalue weighted by atomic mass is 9.92. The van der Waals surface area contributed by atoms with Gasteiger partial charge in [0.25, 0.3) is 0 Å². The van der Waals surface area contributed by atoms with Gasteiger partial charge in [-0.2, -0.15) is 0 Å². The minimum absolute atomic E-state index is 0.770. The van der Waals surface area contributed by atoms with Crippen molar-refractivity contribution in [2.45, 2.75) is 65.8 Å². The van der Waals surface area contributed by atoms with Gasteiger partial charge in [0.05, 0.1) is 17.1 Å². The Balaban J connectivity index is 1.44. The molecule has 3 heterocycles. The quantitative estimate of drug-likeness (QED) is 0.315. The molecule has 2 fully saturated rings. The van der Waals surface area contributed by atoms with Gasteiger partial charge in [0, 0.05) is 36.9 Å². The summed E-state index contributed by atoms with van der Waals surface area (Å²) in [6, 6.07) is 11.1. The molecule has 0 radical (unpaired) electrons. The van der Waals surface area contributed by atoms with E-state index in [1.807, 2.05) is 19.3 Å². The van der Waals surface area contributed by atoms with E-state index < -0.39 is 0 Å². The smallest absolute Gasteiger partial charge is 0.140 e. The van der Waals surface area contributed by atoms with E-state index in [0.717, 1.165) is 67.2 Å². The zero-order chi connectivity index (χ0) is 25.9. The molecule has 1 aliphatic carbocycles. The van der Waals surface area contributed by atoms with Crippen molar-refractivity contribution in [3.8, 4) is 0 Å². The number of likely N-dealkylation sites (tertiary alicyclic amines) is 1. The third-order valence-corrected chi connectivity index (χ3v) is 8.45. The molecule has 1 N–H and O–H groups in total. The molecule has 1 aliphatic heterocycles. The molecule has 0 spiro atoms. The lowest BCUT2D eigenvalue weighted by Gasteiger charge is -2.35. The highest BCUT2D eigenvalue weighted by Gasteiger charge is 2.25. The number of rotatable bonds is 10. The van der Waals surface area contributed by atoms with E-state index in [4.69, 9.17) is 9.98 Å². The van der Waals surface area contributed by atoms with Gasteiger partial charge in [0.2, 0.25) is 0 Å². The fourth-order valence-electron chi connectivity index (χ4n) is 5.80. The molecule has 5 heteroatoms. The van der Waals surface area contributed by atoms with Crippen molar-refractivity contribution in [1.82, 2.24) is 19.8 Å². The largest absolute Gasteiger partial charge is 0.372 e. The van der Waals surface area contributed by atoms with Crippen molar-refractivity contribution in [1.29, 1.82) is 0 Å². The first kappa shape index (κ1) is 25.7. The Morgan fingerprint density at radius 3 is 2.62 bits per heavy atom. The summed E-state index contributed by atoms with van der Waals surface area (Å²) in [6.45, 7) is 15.5. The third-order valence-electron chi connectivity index (χ3n) is 8.45. The van der Waals surface area contributed by atoms with Gasteiger partial charge >= 0.3 is 0 Å². The molecule has 5 nitrogen and oxygen atoms in total. The first-order valence-corrected chi connectivity index (χ1v) is 14.2. The topological polar surface area (TPSA) is 45.5 Å². The maximum atomic E-state index is 5.26. The number of hydrogen-bond donors (Lipinski definition) is 1. The number of aliphatic imine (C=N–C) groups is 1. The maximum absolute atomic E-state index is 5.26. The highest BCUT2D eigenvalue weighted by Crippen LogP contribution is 2.35. The minimum Gasteiger partial charge on any atom is -0.372 e. The highest BCUT2D eigenvalue weighted by atomic mass is 15.1. The predicted octanol–water partition coefficient (Wildman–Crippen LogP) is 6.75. The average Bonchev–Trinajstić information content (AvgIpc) is 3.67. The normalized spacial score (nSPS) is 17.1. The van der Waals surface area contributed by atoms with E-state index in [1.54, 1.807) is 0 Å². The van der Waals surface area contributed by atoms with E-state index in [-0.39, 0.29) is 0 Å². The van der Waals surface area contributed by atoms with Gasteiger partial charge in [-0.05, 0) is 125 Å². The monoisotopic (exact) mass is 497 g/mol. The van der Waals surface area contributed by atoms with Crippen LogP contribution < -0.4 is 5.32 Å². The number of nitrogens with zero attached hydrogens (tertiary/aromatic N) is 4. The third kappa shape index (κ3) is 5.67. The SMILES string of the molecule is C=C(c1cc(CC)c(C)c(N=C(C)c2cc3cccnc3n2CC2CC2)c1)N1CCC(CCNC)CC1. The Morgan fingerprint density at radius 1 is 1.14 bits per heavy atom. The molecule has 0 bridgehead atoms. The van der Waals surface area contributed by atoms with Crippen molar-refractivity contribution in [3.63, 3.8) is 0 Å². The van der Waals surface area contributed by atoms with Crippen molar-refractivity contribution in [3.05, 3.63) is 65.5 Å². The first-order chi connectivity index (χ1) is 18.0. The van der Waals surface area contributed by atoms with Gasteiger partial charge in [0.15, 0.2) is 0 Å². The number of benzene rings is 1. The molecular formula is C32H43N5. The van der Waals surface area contributed by atoms with Crippen LogP contribution in [-0.2, 0) is 13.0 Å². The molecule has 3 aromatic rings. The Morgan fingerprint density at radius 2 is 1.92 bits per heavy atom. The zero-order valence-corrected chi connectivity index (χ0v) is 23.2. The van der Waals surface area contributed by atoms with Crippen LogP contribution in [0.5, 0.6) is 0 Å². The Bertz CT molecular complexity index is 1290. The summed E-state index contributed by atoms with van der Waals surface area (Å²) in [5.41, 5.74) is 9.35. The van der Waals surface area contributed by atoms with Crippen LogP contribution in [0.2, 0.25) is 0 Å². The fraction of sp³-hybridized carbons (Fsp3) is 0.500. The van der Waals surface area contributed by atoms with Crippen LogP contribution >= 0.6 is 0 Å². The number of pyridine rings is 1. The molecule has 0 atom stereocenters. The Kier molecular flexibility index (Phi) is 7.80. The van der Waals surface area contributed by atoms with Crippen molar-refractivity contribution in [2.24, 2.45) is 16.8 Å². The standard InChI is InChI=1S/C32H43N5/c1-6-27-18-29(24(4)36-16-12-25(13-17-36)11-15-33-5)19-30(22(27)2)35-23(3)31-20-28-8-7-14-34-32(28)37(31)21-26-9-10-26/h7-8,14,18-20,25-26,33H,4,6,9-13,15-17,21H2,1-3,5H3. The second-order valence-corrected chi connectivity index (χ2v) is 11.1. The Hall–Kier alpha value is -2.92. The molecule has 37 heavy (non-hydrogen) atoms. The highest BCUT2D eigenvalue weighted by molar-refractivity contribution is 6.03. The van der Waals surface area contributed by atoms with Crippen molar-refractivity contribution < 1.29 is 0 Å². The number of nitrogens with one attached hydrogen (secondary N) is 1. The number of piperidine rings is 1. The van der Waals surface area contributed by atoms with Crippen LogP contribution in [0.3, 0.4) is 0 Å².